The highest BCUT2D eigenvalue weighted by molar-refractivity contribution is 6.31. The van der Waals surface area contributed by atoms with Crippen LogP contribution in [0, 0.1) is 5.82 Å². The lowest BCUT2D eigenvalue weighted by Gasteiger charge is -2.20. The Hall–Kier alpha value is -1.45. The number of nitrogens with zero attached hydrogens (tertiary/aromatic N) is 1. The first-order valence-electron chi connectivity index (χ1n) is 6.79. The number of pyridine rings is 1. The van der Waals surface area contributed by atoms with E-state index in [-0.39, 0.29) is 11.9 Å². The summed E-state index contributed by atoms with van der Waals surface area (Å²) in [7, 11) is 0. The Morgan fingerprint density at radius 3 is 2.80 bits per heavy atom. The average Bonchev–Trinajstić information content (AvgIpc) is 2.45. The Morgan fingerprint density at radius 2 is 2.15 bits per heavy atom. The van der Waals surface area contributed by atoms with Gasteiger partial charge >= 0.3 is 0 Å². The molecule has 1 heterocycles. The first kappa shape index (κ1) is 14.9. The monoisotopic (exact) mass is 292 g/mol. The van der Waals surface area contributed by atoms with Crippen molar-refractivity contribution in [1.29, 1.82) is 0 Å². The molecule has 20 heavy (non-hydrogen) atoms. The van der Waals surface area contributed by atoms with Gasteiger partial charge in [-0.3, -0.25) is 4.98 Å². The van der Waals surface area contributed by atoms with Gasteiger partial charge in [-0.15, -0.1) is 0 Å². The van der Waals surface area contributed by atoms with Crippen molar-refractivity contribution in [1.82, 2.24) is 10.3 Å². The van der Waals surface area contributed by atoms with E-state index < -0.39 is 0 Å². The minimum atomic E-state index is -0.314. The van der Waals surface area contributed by atoms with Crippen LogP contribution in [0.1, 0.15) is 30.6 Å². The first-order chi connectivity index (χ1) is 9.70. The summed E-state index contributed by atoms with van der Waals surface area (Å²) in [4.78, 5) is 4.34. The van der Waals surface area contributed by atoms with Crippen molar-refractivity contribution in [3.63, 3.8) is 0 Å². The summed E-state index contributed by atoms with van der Waals surface area (Å²) in [5.41, 5.74) is 1.90. The maximum absolute atomic E-state index is 13.2. The Morgan fingerprint density at radius 1 is 1.30 bits per heavy atom. The second kappa shape index (κ2) is 7.36. The van der Waals surface area contributed by atoms with Gasteiger partial charge in [-0.25, -0.2) is 4.39 Å². The maximum atomic E-state index is 13.2. The van der Waals surface area contributed by atoms with Crippen LogP contribution in [0.2, 0.25) is 5.02 Å². The van der Waals surface area contributed by atoms with Crippen molar-refractivity contribution in [2.75, 3.05) is 6.54 Å². The van der Waals surface area contributed by atoms with Gasteiger partial charge in [-0.1, -0.05) is 30.7 Å². The third-order valence-electron chi connectivity index (χ3n) is 3.12. The molecule has 0 aliphatic heterocycles. The second-order valence-electron chi connectivity index (χ2n) is 4.70. The molecule has 0 saturated carbocycles. The highest BCUT2D eigenvalue weighted by atomic mass is 35.5. The lowest BCUT2D eigenvalue weighted by Crippen LogP contribution is -2.24. The zero-order valence-electron chi connectivity index (χ0n) is 11.4. The fourth-order valence-corrected chi connectivity index (χ4v) is 2.42. The minimum absolute atomic E-state index is 0.0398. The number of aromatic nitrogens is 1. The van der Waals surface area contributed by atoms with Crippen molar-refractivity contribution in [2.24, 2.45) is 0 Å². The molecule has 0 aliphatic rings. The summed E-state index contributed by atoms with van der Waals surface area (Å²) in [5, 5.41) is 3.90. The van der Waals surface area contributed by atoms with E-state index in [1.54, 1.807) is 12.3 Å². The zero-order valence-corrected chi connectivity index (χ0v) is 12.2. The van der Waals surface area contributed by atoms with Crippen LogP contribution >= 0.6 is 11.6 Å². The van der Waals surface area contributed by atoms with Crippen molar-refractivity contribution < 1.29 is 4.39 Å². The summed E-state index contributed by atoms with van der Waals surface area (Å²) >= 11 is 6.17. The number of nitrogens with one attached hydrogen (secondary N) is 1. The van der Waals surface area contributed by atoms with Gasteiger partial charge in [0.15, 0.2) is 0 Å². The topological polar surface area (TPSA) is 24.9 Å². The van der Waals surface area contributed by atoms with Gasteiger partial charge in [-0.2, -0.15) is 0 Å². The third kappa shape index (κ3) is 4.02. The van der Waals surface area contributed by atoms with Gasteiger partial charge in [0.1, 0.15) is 5.82 Å². The Labute approximate surface area is 124 Å². The van der Waals surface area contributed by atoms with E-state index in [1.165, 1.54) is 12.1 Å². The number of hydrogen-bond donors (Lipinski definition) is 1. The highest BCUT2D eigenvalue weighted by Gasteiger charge is 2.15. The Bertz CT molecular complexity index is 545. The lowest BCUT2D eigenvalue weighted by molar-refractivity contribution is 0.523. The fourth-order valence-electron chi connectivity index (χ4n) is 2.12. The van der Waals surface area contributed by atoms with Gasteiger partial charge in [0, 0.05) is 29.4 Å². The van der Waals surface area contributed by atoms with Gasteiger partial charge in [-0.05, 0) is 42.8 Å². The minimum Gasteiger partial charge on any atom is -0.310 e. The van der Waals surface area contributed by atoms with E-state index in [2.05, 4.69) is 17.2 Å². The first-order valence-corrected chi connectivity index (χ1v) is 7.16. The maximum Gasteiger partial charge on any atom is 0.124 e. The molecule has 0 amide bonds. The number of hydrogen-bond acceptors (Lipinski definition) is 2. The van der Waals surface area contributed by atoms with E-state index in [0.717, 1.165) is 30.6 Å². The van der Waals surface area contributed by atoms with Crippen LogP contribution in [0.3, 0.4) is 0 Å². The highest BCUT2D eigenvalue weighted by Crippen LogP contribution is 2.26. The summed E-state index contributed by atoms with van der Waals surface area (Å²) in [6, 6.07) is 10.4. The summed E-state index contributed by atoms with van der Waals surface area (Å²) < 4.78 is 13.2. The van der Waals surface area contributed by atoms with Crippen LogP contribution in [0.5, 0.6) is 0 Å². The number of benzene rings is 1. The summed E-state index contributed by atoms with van der Waals surface area (Å²) in [6.45, 7) is 2.99. The molecular formula is C16H18ClFN2. The van der Waals surface area contributed by atoms with Crippen LogP contribution in [-0.4, -0.2) is 11.5 Å². The molecule has 0 saturated heterocycles. The molecule has 0 radical (unpaired) electrons. The predicted octanol–water partition coefficient (Wildman–Crippen LogP) is 4.16. The molecule has 0 aliphatic carbocycles. The van der Waals surface area contributed by atoms with Crippen molar-refractivity contribution in [3.05, 3.63) is 64.7 Å². The SMILES string of the molecule is CCCNC(Cc1ccccn1)c1ccc(F)cc1Cl. The van der Waals surface area contributed by atoms with E-state index >= 15 is 0 Å². The standard InChI is InChI=1S/C16H18ClFN2/c1-2-8-20-16(11-13-5-3-4-9-19-13)14-7-6-12(18)10-15(14)17/h3-7,9-10,16,20H,2,8,11H2,1H3. The van der Waals surface area contributed by atoms with Crippen molar-refractivity contribution >= 4 is 11.6 Å². The molecule has 1 aromatic carbocycles. The molecule has 2 aromatic rings. The van der Waals surface area contributed by atoms with Gasteiger partial charge in [0.05, 0.1) is 0 Å². The molecular weight excluding hydrogens is 275 g/mol. The molecule has 2 rings (SSSR count). The van der Waals surface area contributed by atoms with Crippen LogP contribution in [-0.2, 0) is 6.42 Å². The van der Waals surface area contributed by atoms with E-state index in [4.69, 9.17) is 11.6 Å². The van der Waals surface area contributed by atoms with Gasteiger partial charge in [0.2, 0.25) is 0 Å². The lowest BCUT2D eigenvalue weighted by atomic mass is 10.0. The fraction of sp³-hybridized carbons (Fsp3) is 0.312. The van der Waals surface area contributed by atoms with Crippen molar-refractivity contribution in [3.8, 4) is 0 Å². The molecule has 106 valence electrons. The van der Waals surface area contributed by atoms with Crippen LogP contribution in [0.15, 0.2) is 42.6 Å². The number of rotatable bonds is 6. The van der Waals surface area contributed by atoms with Crippen LogP contribution < -0.4 is 5.32 Å². The second-order valence-corrected chi connectivity index (χ2v) is 5.10. The van der Waals surface area contributed by atoms with E-state index in [9.17, 15) is 4.39 Å². The number of halogens is 2. The molecule has 2 nitrogen and oxygen atoms in total. The van der Waals surface area contributed by atoms with Crippen molar-refractivity contribution in [2.45, 2.75) is 25.8 Å². The summed E-state index contributed by atoms with van der Waals surface area (Å²) in [5.74, 6) is -0.314. The summed E-state index contributed by atoms with van der Waals surface area (Å²) in [6.07, 6.45) is 3.53. The van der Waals surface area contributed by atoms with Crippen LogP contribution in [0.25, 0.3) is 0 Å². The van der Waals surface area contributed by atoms with E-state index in [0.29, 0.717) is 5.02 Å². The predicted molar refractivity (Wildman–Crippen MR) is 80.4 cm³/mol. The molecule has 1 N–H and O–H groups in total. The Kier molecular flexibility index (Phi) is 5.50. The normalized spacial score (nSPS) is 12.3. The molecule has 0 fully saturated rings. The Balaban J connectivity index is 2.22. The molecule has 1 atom stereocenters. The van der Waals surface area contributed by atoms with E-state index in [1.807, 2.05) is 18.2 Å². The smallest absolute Gasteiger partial charge is 0.124 e. The van der Waals surface area contributed by atoms with Gasteiger partial charge < -0.3 is 5.32 Å². The molecule has 1 unspecified atom stereocenters. The average molecular weight is 293 g/mol. The largest absolute Gasteiger partial charge is 0.310 e. The zero-order chi connectivity index (χ0) is 14.4. The quantitative estimate of drug-likeness (QED) is 0.865. The molecule has 4 heteroatoms. The van der Waals surface area contributed by atoms with Crippen LogP contribution in [0.4, 0.5) is 4.39 Å². The molecule has 1 aromatic heterocycles. The van der Waals surface area contributed by atoms with Gasteiger partial charge in [0.25, 0.3) is 0 Å². The molecule has 0 spiro atoms. The third-order valence-corrected chi connectivity index (χ3v) is 3.45. The molecule has 0 bridgehead atoms.